The van der Waals surface area contributed by atoms with Crippen LogP contribution in [0.3, 0.4) is 0 Å². The number of aryl methyl sites for hydroxylation is 2. The molecule has 0 N–H and O–H groups in total. The predicted octanol–water partition coefficient (Wildman–Crippen LogP) is 3.73. The van der Waals surface area contributed by atoms with E-state index in [1.807, 2.05) is 46.8 Å². The maximum atomic E-state index is 11.6. The van der Waals surface area contributed by atoms with Crippen LogP contribution in [-0.2, 0) is 4.74 Å². The van der Waals surface area contributed by atoms with E-state index in [1.165, 1.54) is 0 Å². The summed E-state index contributed by atoms with van der Waals surface area (Å²) in [7, 11) is 0. The fourth-order valence-corrected chi connectivity index (χ4v) is 2.11. The molecule has 1 aromatic rings. The lowest BCUT2D eigenvalue weighted by Crippen LogP contribution is -2.21. The van der Waals surface area contributed by atoms with Gasteiger partial charge in [0, 0.05) is 17.5 Å². The van der Waals surface area contributed by atoms with Crippen LogP contribution in [0.15, 0.2) is 17.2 Å². The van der Waals surface area contributed by atoms with E-state index in [0.29, 0.717) is 5.03 Å². The molecule has 0 amide bonds. The molecular formula is C12H17NO2S. The molecule has 0 bridgehead atoms. The highest BCUT2D eigenvalue weighted by molar-refractivity contribution is 8.13. The number of carbonyl (C=O) groups excluding carboxylic acids is 1. The Labute approximate surface area is 101 Å². The molecule has 0 radical (unpaired) electrons. The molecule has 0 unspecified atom stereocenters. The van der Waals surface area contributed by atoms with E-state index < -0.39 is 5.60 Å². The average Bonchev–Trinajstić information content (AvgIpc) is 1.96. The minimum atomic E-state index is -0.455. The third-order valence-electron chi connectivity index (χ3n) is 1.65. The summed E-state index contributed by atoms with van der Waals surface area (Å²) in [6.45, 7) is 9.43. The number of aromatic nitrogens is 1. The molecule has 3 nitrogen and oxygen atoms in total. The smallest absolute Gasteiger partial charge is 0.374 e. The van der Waals surface area contributed by atoms with Crippen LogP contribution >= 0.6 is 11.8 Å². The van der Waals surface area contributed by atoms with Crippen molar-refractivity contribution in [3.63, 3.8) is 0 Å². The lowest BCUT2D eigenvalue weighted by atomic mass is 10.2. The van der Waals surface area contributed by atoms with E-state index in [9.17, 15) is 4.79 Å². The average molecular weight is 239 g/mol. The summed E-state index contributed by atoms with van der Waals surface area (Å²) in [6, 6.07) is 3.85. The zero-order chi connectivity index (χ0) is 12.3. The van der Waals surface area contributed by atoms with Gasteiger partial charge in [0.25, 0.3) is 0 Å². The lowest BCUT2D eigenvalue weighted by Gasteiger charge is -2.18. The Kier molecular flexibility index (Phi) is 3.97. The van der Waals surface area contributed by atoms with Crippen molar-refractivity contribution in [2.75, 3.05) is 0 Å². The number of carbonyl (C=O) groups is 1. The van der Waals surface area contributed by atoms with Gasteiger partial charge in [0.1, 0.15) is 10.6 Å². The maximum absolute atomic E-state index is 11.6. The third kappa shape index (κ3) is 4.66. The molecule has 1 aromatic heterocycles. The van der Waals surface area contributed by atoms with Crippen LogP contribution in [0.4, 0.5) is 4.79 Å². The van der Waals surface area contributed by atoms with Gasteiger partial charge in [0.15, 0.2) is 0 Å². The number of ether oxygens (including phenoxy) is 1. The van der Waals surface area contributed by atoms with Gasteiger partial charge in [-0.2, -0.15) is 0 Å². The van der Waals surface area contributed by atoms with E-state index in [2.05, 4.69) is 4.98 Å². The Morgan fingerprint density at radius 1 is 1.31 bits per heavy atom. The summed E-state index contributed by atoms with van der Waals surface area (Å²) >= 11 is 1.03. The second-order valence-electron chi connectivity index (χ2n) is 4.69. The summed E-state index contributed by atoms with van der Waals surface area (Å²) in [6.07, 6.45) is 0. The largest absolute Gasteiger partial charge is 0.452 e. The number of rotatable bonds is 1. The molecule has 1 heterocycles. The first-order valence-corrected chi connectivity index (χ1v) is 5.94. The fourth-order valence-electron chi connectivity index (χ4n) is 1.21. The standard InChI is InChI=1S/C12H17NO2S/c1-8-6-9(2)13-10(7-8)16-11(14)15-12(3,4)5/h6-7H,1-5H3. The molecule has 4 heteroatoms. The van der Waals surface area contributed by atoms with Gasteiger partial charge in [0.05, 0.1) is 0 Å². The van der Waals surface area contributed by atoms with Crippen molar-refractivity contribution in [1.29, 1.82) is 0 Å². The van der Waals surface area contributed by atoms with E-state index in [1.54, 1.807) is 0 Å². The van der Waals surface area contributed by atoms with Crippen molar-refractivity contribution < 1.29 is 9.53 Å². The SMILES string of the molecule is Cc1cc(C)nc(SC(=O)OC(C)(C)C)c1. The van der Waals surface area contributed by atoms with E-state index in [4.69, 9.17) is 4.74 Å². The normalized spacial score (nSPS) is 11.3. The molecular weight excluding hydrogens is 222 g/mol. The van der Waals surface area contributed by atoms with Gasteiger partial charge in [-0.1, -0.05) is 0 Å². The van der Waals surface area contributed by atoms with Crippen molar-refractivity contribution in [3.8, 4) is 0 Å². The first-order valence-electron chi connectivity index (χ1n) is 5.12. The van der Waals surface area contributed by atoms with Crippen LogP contribution in [0.2, 0.25) is 0 Å². The minimum Gasteiger partial charge on any atom is -0.452 e. The summed E-state index contributed by atoms with van der Waals surface area (Å²) in [4.78, 5) is 15.8. The minimum absolute atomic E-state index is 0.315. The first-order chi connectivity index (χ1) is 7.26. The number of thioether (sulfide) groups is 1. The summed E-state index contributed by atoms with van der Waals surface area (Å²) < 4.78 is 5.21. The Bertz CT molecular complexity index is 376. The molecule has 0 aliphatic rings. The van der Waals surface area contributed by atoms with Crippen LogP contribution in [0, 0.1) is 13.8 Å². The van der Waals surface area contributed by atoms with Crippen LogP contribution in [0.1, 0.15) is 32.0 Å². The highest BCUT2D eigenvalue weighted by atomic mass is 32.2. The highest BCUT2D eigenvalue weighted by Crippen LogP contribution is 2.22. The molecule has 0 saturated heterocycles. The van der Waals surface area contributed by atoms with Gasteiger partial charge in [0.2, 0.25) is 0 Å². The Hall–Kier alpha value is -1.03. The van der Waals surface area contributed by atoms with Crippen molar-refractivity contribution in [2.45, 2.75) is 45.2 Å². The van der Waals surface area contributed by atoms with Crippen LogP contribution in [-0.4, -0.2) is 15.9 Å². The van der Waals surface area contributed by atoms with Crippen molar-refractivity contribution in [1.82, 2.24) is 4.98 Å². The fraction of sp³-hybridized carbons (Fsp3) is 0.500. The predicted molar refractivity (Wildman–Crippen MR) is 65.8 cm³/mol. The summed E-state index contributed by atoms with van der Waals surface area (Å²) in [5.74, 6) is 0. The summed E-state index contributed by atoms with van der Waals surface area (Å²) in [5.41, 5.74) is 1.55. The zero-order valence-corrected chi connectivity index (χ0v) is 11.1. The molecule has 0 atom stereocenters. The molecule has 0 saturated carbocycles. The quantitative estimate of drug-likeness (QED) is 0.553. The monoisotopic (exact) mass is 239 g/mol. The highest BCUT2D eigenvalue weighted by Gasteiger charge is 2.17. The zero-order valence-electron chi connectivity index (χ0n) is 10.3. The molecule has 0 fully saturated rings. The topological polar surface area (TPSA) is 39.2 Å². The maximum Gasteiger partial charge on any atom is 0.374 e. The molecule has 0 aromatic carbocycles. The molecule has 16 heavy (non-hydrogen) atoms. The number of nitrogens with zero attached hydrogens (tertiary/aromatic N) is 1. The molecule has 88 valence electrons. The Balaban J connectivity index is 2.70. The van der Waals surface area contributed by atoms with Gasteiger partial charge in [-0.05, 0) is 52.3 Å². The molecule has 0 aliphatic carbocycles. The first kappa shape index (κ1) is 13.0. The van der Waals surface area contributed by atoms with Crippen LogP contribution in [0.25, 0.3) is 0 Å². The number of hydrogen-bond donors (Lipinski definition) is 0. The van der Waals surface area contributed by atoms with Gasteiger partial charge in [-0.25, -0.2) is 9.78 Å². The second-order valence-corrected chi connectivity index (χ2v) is 5.65. The van der Waals surface area contributed by atoms with Crippen LogP contribution < -0.4 is 0 Å². The summed E-state index contributed by atoms with van der Waals surface area (Å²) in [5, 5.41) is 0.372. The van der Waals surface area contributed by atoms with Gasteiger partial charge in [-0.3, -0.25) is 0 Å². The van der Waals surface area contributed by atoms with Crippen LogP contribution in [0.5, 0.6) is 0 Å². The van der Waals surface area contributed by atoms with Gasteiger partial charge >= 0.3 is 5.30 Å². The van der Waals surface area contributed by atoms with Gasteiger partial charge in [-0.15, -0.1) is 0 Å². The molecule has 0 spiro atoms. The third-order valence-corrected chi connectivity index (χ3v) is 2.32. The molecule has 1 rings (SSSR count). The Morgan fingerprint density at radius 2 is 1.94 bits per heavy atom. The van der Waals surface area contributed by atoms with Gasteiger partial charge < -0.3 is 4.74 Å². The van der Waals surface area contributed by atoms with Crippen molar-refractivity contribution >= 4 is 17.1 Å². The van der Waals surface area contributed by atoms with E-state index in [0.717, 1.165) is 23.0 Å². The number of pyridine rings is 1. The second kappa shape index (κ2) is 4.87. The molecule has 0 aliphatic heterocycles. The van der Waals surface area contributed by atoms with Crippen molar-refractivity contribution in [3.05, 3.63) is 23.4 Å². The lowest BCUT2D eigenvalue weighted by molar-refractivity contribution is 0.0738. The Morgan fingerprint density at radius 3 is 2.44 bits per heavy atom. The number of hydrogen-bond acceptors (Lipinski definition) is 4. The van der Waals surface area contributed by atoms with E-state index >= 15 is 0 Å². The van der Waals surface area contributed by atoms with Crippen molar-refractivity contribution in [2.24, 2.45) is 0 Å². The van der Waals surface area contributed by atoms with E-state index in [-0.39, 0.29) is 5.30 Å².